The van der Waals surface area contributed by atoms with Gasteiger partial charge in [-0.25, -0.2) is 0 Å². The van der Waals surface area contributed by atoms with Gasteiger partial charge in [0.25, 0.3) is 0 Å². The molecular weight excluding hydrogens is 272 g/mol. The summed E-state index contributed by atoms with van der Waals surface area (Å²) >= 11 is 0. The summed E-state index contributed by atoms with van der Waals surface area (Å²) in [6.07, 6.45) is 0.203. The van der Waals surface area contributed by atoms with Gasteiger partial charge in [0, 0.05) is 12.3 Å². The van der Waals surface area contributed by atoms with Crippen LogP contribution in [0.5, 0.6) is 0 Å². The maximum Gasteiger partial charge on any atom is 0.305 e. The van der Waals surface area contributed by atoms with Crippen LogP contribution in [-0.4, -0.2) is 12.1 Å². The highest BCUT2D eigenvalue weighted by Crippen LogP contribution is 2.31. The van der Waals surface area contributed by atoms with Gasteiger partial charge >= 0.3 is 5.97 Å². The summed E-state index contributed by atoms with van der Waals surface area (Å²) in [5.41, 5.74) is 4.79. The zero-order valence-corrected chi connectivity index (χ0v) is 13.8. The summed E-state index contributed by atoms with van der Waals surface area (Å²) in [6, 6.07) is 16.8. The molecule has 0 saturated heterocycles. The first-order valence-corrected chi connectivity index (χ1v) is 7.84. The molecule has 2 aromatic rings. The Morgan fingerprint density at radius 2 is 1.50 bits per heavy atom. The molecule has 22 heavy (non-hydrogen) atoms. The van der Waals surface area contributed by atoms with Crippen LogP contribution in [0.15, 0.2) is 48.5 Å². The van der Waals surface area contributed by atoms with Crippen molar-refractivity contribution in [1.29, 1.82) is 0 Å². The van der Waals surface area contributed by atoms with Crippen LogP contribution in [0.2, 0.25) is 0 Å². The molecule has 0 N–H and O–H groups in total. The summed E-state index contributed by atoms with van der Waals surface area (Å²) < 4.78 is 5.61. The molecular formula is C20H24O2. The maximum atomic E-state index is 11.7. The van der Waals surface area contributed by atoms with Gasteiger partial charge in [-0.2, -0.15) is 0 Å². The second-order valence-electron chi connectivity index (χ2n) is 5.85. The normalized spacial score (nSPS) is 12.2. The predicted molar refractivity (Wildman–Crippen MR) is 90.0 cm³/mol. The summed E-state index contributed by atoms with van der Waals surface area (Å²) in [5.74, 6) is -0.104. The molecule has 0 bridgehead atoms. The van der Waals surface area contributed by atoms with Gasteiger partial charge in [-0.1, -0.05) is 66.6 Å². The first-order valence-electron chi connectivity index (χ1n) is 7.84. The number of esters is 1. The van der Waals surface area contributed by atoms with E-state index in [1.54, 1.807) is 0 Å². The van der Waals surface area contributed by atoms with Crippen molar-refractivity contribution < 1.29 is 9.53 Å². The average molecular weight is 296 g/mol. The summed E-state index contributed by atoms with van der Waals surface area (Å²) in [5, 5.41) is 0. The molecule has 0 aliphatic heterocycles. The van der Waals surface area contributed by atoms with Crippen molar-refractivity contribution in [3.63, 3.8) is 0 Å². The van der Waals surface area contributed by atoms with Crippen molar-refractivity contribution in [1.82, 2.24) is 0 Å². The number of hydrogen-bond donors (Lipinski definition) is 0. The van der Waals surface area contributed by atoms with Crippen molar-refractivity contribution in [2.75, 3.05) is 0 Å². The van der Waals surface area contributed by atoms with Crippen LogP contribution in [0.25, 0.3) is 0 Å². The van der Waals surface area contributed by atoms with Gasteiger partial charge in [-0.3, -0.25) is 4.79 Å². The molecule has 0 fully saturated rings. The van der Waals surface area contributed by atoms with Crippen LogP contribution >= 0.6 is 0 Å². The minimum absolute atomic E-state index is 0.0512. The van der Waals surface area contributed by atoms with Crippen LogP contribution in [0.3, 0.4) is 0 Å². The van der Waals surface area contributed by atoms with E-state index in [4.69, 9.17) is 4.74 Å². The Hall–Kier alpha value is -2.09. The van der Waals surface area contributed by atoms with Gasteiger partial charge in [0.1, 0.15) is 6.10 Å². The lowest BCUT2D eigenvalue weighted by atomic mass is 9.86. The zero-order chi connectivity index (χ0) is 16.1. The Kier molecular flexibility index (Phi) is 5.37. The molecule has 1 unspecified atom stereocenters. The number of rotatable bonds is 5. The zero-order valence-electron chi connectivity index (χ0n) is 13.8. The number of carbonyl (C=O) groups is 1. The molecule has 1 atom stereocenters. The first kappa shape index (κ1) is 16.3. The molecule has 2 aromatic carbocycles. The van der Waals surface area contributed by atoms with Gasteiger partial charge in [0.2, 0.25) is 0 Å². The van der Waals surface area contributed by atoms with Gasteiger partial charge < -0.3 is 4.74 Å². The van der Waals surface area contributed by atoms with E-state index < -0.39 is 0 Å². The van der Waals surface area contributed by atoms with E-state index >= 15 is 0 Å². The topological polar surface area (TPSA) is 26.3 Å². The van der Waals surface area contributed by atoms with Gasteiger partial charge in [0.05, 0.1) is 0 Å². The largest absolute Gasteiger partial charge is 0.462 e. The van der Waals surface area contributed by atoms with E-state index in [1.807, 2.05) is 13.8 Å². The SMILES string of the molecule is CCC(=O)OC(C)C(c1cccc(C)c1)c1cccc(C)c1. The van der Waals surface area contributed by atoms with Gasteiger partial charge in [-0.15, -0.1) is 0 Å². The molecule has 116 valence electrons. The van der Waals surface area contributed by atoms with E-state index in [1.165, 1.54) is 22.3 Å². The van der Waals surface area contributed by atoms with Crippen molar-refractivity contribution in [2.24, 2.45) is 0 Å². The van der Waals surface area contributed by atoms with Crippen molar-refractivity contribution in [3.8, 4) is 0 Å². The van der Waals surface area contributed by atoms with Crippen molar-refractivity contribution in [2.45, 2.75) is 46.1 Å². The van der Waals surface area contributed by atoms with E-state index in [2.05, 4.69) is 62.4 Å². The van der Waals surface area contributed by atoms with E-state index in [0.29, 0.717) is 6.42 Å². The summed E-state index contributed by atoms with van der Waals surface area (Å²) in [7, 11) is 0. The fourth-order valence-electron chi connectivity index (χ4n) is 2.82. The number of benzene rings is 2. The summed E-state index contributed by atoms with van der Waals surface area (Å²) in [4.78, 5) is 11.7. The molecule has 0 radical (unpaired) electrons. The number of aryl methyl sites for hydroxylation is 2. The van der Waals surface area contributed by atoms with Gasteiger partial charge in [0.15, 0.2) is 0 Å². The standard InChI is InChI=1S/C20H24O2/c1-5-19(21)22-16(4)20(17-10-6-8-14(2)12-17)18-11-7-9-15(3)13-18/h6-13,16,20H,5H2,1-4H3. The van der Waals surface area contributed by atoms with Crippen LogP contribution in [0.1, 0.15) is 48.4 Å². The van der Waals surface area contributed by atoms with Crippen molar-refractivity contribution >= 4 is 5.97 Å². The monoisotopic (exact) mass is 296 g/mol. The van der Waals surface area contributed by atoms with Gasteiger partial charge in [-0.05, 0) is 31.9 Å². The second kappa shape index (κ2) is 7.26. The Balaban J connectivity index is 2.42. The predicted octanol–water partition coefficient (Wildman–Crippen LogP) is 4.78. The number of ether oxygens (including phenoxy) is 1. The molecule has 0 heterocycles. The van der Waals surface area contributed by atoms with E-state index in [-0.39, 0.29) is 18.0 Å². The Morgan fingerprint density at radius 3 is 1.91 bits per heavy atom. The smallest absolute Gasteiger partial charge is 0.305 e. The van der Waals surface area contributed by atoms with Crippen LogP contribution < -0.4 is 0 Å². The molecule has 0 aliphatic rings. The molecule has 0 amide bonds. The highest BCUT2D eigenvalue weighted by atomic mass is 16.5. The third-order valence-electron chi connectivity index (χ3n) is 3.88. The van der Waals surface area contributed by atoms with Crippen LogP contribution in [0, 0.1) is 13.8 Å². The third kappa shape index (κ3) is 3.97. The summed E-state index contributed by atoms with van der Waals surface area (Å²) in [6.45, 7) is 7.96. The third-order valence-corrected chi connectivity index (χ3v) is 3.88. The molecule has 0 aromatic heterocycles. The molecule has 2 rings (SSSR count). The second-order valence-corrected chi connectivity index (χ2v) is 5.85. The molecule has 0 spiro atoms. The Morgan fingerprint density at radius 1 is 1.00 bits per heavy atom. The minimum atomic E-state index is -0.198. The molecule has 2 nitrogen and oxygen atoms in total. The Labute approximate surface area is 133 Å². The molecule has 2 heteroatoms. The molecule has 0 saturated carbocycles. The fraction of sp³-hybridized carbons (Fsp3) is 0.350. The fourth-order valence-corrected chi connectivity index (χ4v) is 2.82. The lowest BCUT2D eigenvalue weighted by molar-refractivity contribution is -0.148. The van der Waals surface area contributed by atoms with Crippen molar-refractivity contribution in [3.05, 3.63) is 70.8 Å². The highest BCUT2D eigenvalue weighted by molar-refractivity contribution is 5.69. The van der Waals surface area contributed by atoms with E-state index in [9.17, 15) is 4.79 Å². The average Bonchev–Trinajstić information content (AvgIpc) is 2.47. The quantitative estimate of drug-likeness (QED) is 0.742. The lowest BCUT2D eigenvalue weighted by Crippen LogP contribution is -2.23. The maximum absolute atomic E-state index is 11.7. The number of hydrogen-bond acceptors (Lipinski definition) is 2. The lowest BCUT2D eigenvalue weighted by Gasteiger charge is -2.25. The molecule has 0 aliphatic carbocycles. The highest BCUT2D eigenvalue weighted by Gasteiger charge is 2.24. The number of carbonyl (C=O) groups excluding carboxylic acids is 1. The first-order chi connectivity index (χ1) is 10.5. The van der Waals surface area contributed by atoms with Crippen LogP contribution in [-0.2, 0) is 9.53 Å². The van der Waals surface area contributed by atoms with E-state index in [0.717, 1.165) is 0 Å². The Bertz CT molecular complexity index is 600. The minimum Gasteiger partial charge on any atom is -0.462 e. The van der Waals surface area contributed by atoms with Crippen LogP contribution in [0.4, 0.5) is 0 Å².